The van der Waals surface area contributed by atoms with E-state index in [1.54, 1.807) is 6.92 Å². The molecule has 0 saturated carbocycles. The zero-order valence-electron chi connectivity index (χ0n) is 8.34. The van der Waals surface area contributed by atoms with Gasteiger partial charge in [-0.15, -0.1) is 11.8 Å². The molecule has 0 saturated heterocycles. The molecule has 5 heteroatoms. The van der Waals surface area contributed by atoms with Gasteiger partial charge in [0.05, 0.1) is 4.90 Å². The normalized spacial score (nSPS) is 12.8. The van der Waals surface area contributed by atoms with Crippen LogP contribution in [0.25, 0.3) is 0 Å². The first-order valence-electron chi connectivity index (χ1n) is 4.56. The minimum atomic E-state index is -0.651. The summed E-state index contributed by atoms with van der Waals surface area (Å²) in [6.07, 6.45) is 0.494. The van der Waals surface area contributed by atoms with Gasteiger partial charge in [-0.25, -0.2) is 8.78 Å². The fourth-order valence-corrected chi connectivity index (χ4v) is 2.10. The molecule has 0 fully saturated rings. The Bertz CT molecular complexity index is 323. The predicted molar refractivity (Wildman–Crippen MR) is 57.8 cm³/mol. The van der Waals surface area contributed by atoms with Crippen LogP contribution >= 0.6 is 11.8 Å². The third kappa shape index (κ3) is 3.35. The van der Waals surface area contributed by atoms with Gasteiger partial charge in [0.25, 0.3) is 0 Å². The first kappa shape index (κ1) is 12.3. The summed E-state index contributed by atoms with van der Waals surface area (Å²) in [4.78, 5) is -0.0369. The molecule has 0 radical (unpaired) electrons. The molecule has 0 aromatic heterocycles. The summed E-state index contributed by atoms with van der Waals surface area (Å²) in [5.41, 5.74) is 5.36. The number of thioether (sulfide) groups is 1. The molecule has 0 aliphatic rings. The van der Waals surface area contributed by atoms with E-state index in [0.717, 1.165) is 23.9 Å². The zero-order chi connectivity index (χ0) is 11.4. The smallest absolute Gasteiger partial charge is 0.141 e. The van der Waals surface area contributed by atoms with Crippen LogP contribution in [-0.2, 0) is 0 Å². The second-order valence-electron chi connectivity index (χ2n) is 3.25. The largest absolute Gasteiger partial charge is 0.399 e. The lowest BCUT2D eigenvalue weighted by Crippen LogP contribution is -2.02. The molecule has 2 nitrogen and oxygen atoms in total. The number of aliphatic hydroxyl groups is 1. The highest BCUT2D eigenvalue weighted by atomic mass is 32.2. The van der Waals surface area contributed by atoms with E-state index in [4.69, 9.17) is 10.8 Å². The number of anilines is 1. The molecule has 0 aliphatic carbocycles. The van der Waals surface area contributed by atoms with Crippen molar-refractivity contribution in [3.63, 3.8) is 0 Å². The maximum absolute atomic E-state index is 13.3. The summed E-state index contributed by atoms with van der Waals surface area (Å²) >= 11 is 1.06. The van der Waals surface area contributed by atoms with Crippen molar-refractivity contribution in [2.75, 3.05) is 12.3 Å². The van der Waals surface area contributed by atoms with Gasteiger partial charge in [0.15, 0.2) is 0 Å². The van der Waals surface area contributed by atoms with E-state index < -0.39 is 11.6 Å². The topological polar surface area (TPSA) is 46.2 Å². The molecule has 1 aromatic rings. The van der Waals surface area contributed by atoms with Crippen molar-refractivity contribution in [2.24, 2.45) is 0 Å². The van der Waals surface area contributed by atoms with Crippen molar-refractivity contribution in [1.29, 1.82) is 0 Å². The van der Waals surface area contributed by atoms with Crippen LogP contribution in [0.5, 0.6) is 0 Å². The van der Waals surface area contributed by atoms with E-state index in [0.29, 0.717) is 6.42 Å². The SMILES string of the molecule is CC(CCO)Sc1c(F)cc(N)cc1F. The number of benzene rings is 1. The first-order chi connectivity index (χ1) is 7.04. The van der Waals surface area contributed by atoms with Crippen LogP contribution in [0.3, 0.4) is 0 Å². The van der Waals surface area contributed by atoms with Gasteiger partial charge in [-0.1, -0.05) is 6.92 Å². The minimum absolute atomic E-state index is 0.00633. The average Bonchev–Trinajstić information content (AvgIpc) is 2.11. The Hall–Kier alpha value is -0.810. The van der Waals surface area contributed by atoms with E-state index in [2.05, 4.69) is 0 Å². The van der Waals surface area contributed by atoms with Gasteiger partial charge in [0.2, 0.25) is 0 Å². The van der Waals surface area contributed by atoms with Crippen LogP contribution in [0.2, 0.25) is 0 Å². The number of rotatable bonds is 4. The number of hydrogen-bond acceptors (Lipinski definition) is 3. The number of nitrogen functional groups attached to an aromatic ring is 1. The molecule has 0 bridgehead atoms. The molecule has 0 heterocycles. The highest BCUT2D eigenvalue weighted by molar-refractivity contribution is 8.00. The molecule has 3 N–H and O–H groups in total. The summed E-state index contributed by atoms with van der Waals surface area (Å²) in [5.74, 6) is -1.30. The zero-order valence-corrected chi connectivity index (χ0v) is 9.15. The van der Waals surface area contributed by atoms with Crippen molar-refractivity contribution in [1.82, 2.24) is 0 Å². The predicted octanol–water partition coefficient (Wildman–Crippen LogP) is 2.41. The first-order valence-corrected chi connectivity index (χ1v) is 5.44. The van der Waals surface area contributed by atoms with Gasteiger partial charge >= 0.3 is 0 Å². The van der Waals surface area contributed by atoms with Crippen LogP contribution in [0, 0.1) is 11.6 Å². The lowest BCUT2D eigenvalue weighted by atomic mass is 10.3. The summed E-state index contributed by atoms with van der Waals surface area (Å²) in [7, 11) is 0. The standard InChI is InChI=1S/C10H13F2NOS/c1-6(2-3-14)15-10-8(11)4-7(13)5-9(10)12/h4-6,14H,2-3,13H2,1H3. The molecule has 0 aliphatic heterocycles. The van der Waals surface area contributed by atoms with Crippen LogP contribution in [0.4, 0.5) is 14.5 Å². The van der Waals surface area contributed by atoms with Gasteiger partial charge in [0.1, 0.15) is 11.6 Å². The van der Waals surface area contributed by atoms with Crippen molar-refractivity contribution in [3.05, 3.63) is 23.8 Å². The third-order valence-electron chi connectivity index (χ3n) is 1.88. The maximum Gasteiger partial charge on any atom is 0.141 e. The molecule has 1 unspecified atom stereocenters. The van der Waals surface area contributed by atoms with Gasteiger partial charge in [-0.3, -0.25) is 0 Å². The van der Waals surface area contributed by atoms with E-state index >= 15 is 0 Å². The fourth-order valence-electron chi connectivity index (χ4n) is 1.13. The molecule has 0 amide bonds. The van der Waals surface area contributed by atoms with Crippen LogP contribution in [0.1, 0.15) is 13.3 Å². The van der Waals surface area contributed by atoms with Gasteiger partial charge in [-0.2, -0.15) is 0 Å². The highest BCUT2D eigenvalue weighted by Gasteiger charge is 2.14. The van der Waals surface area contributed by atoms with Gasteiger partial charge in [0, 0.05) is 17.5 Å². The summed E-state index contributed by atoms with van der Waals surface area (Å²) in [6, 6.07) is 2.19. The van der Waals surface area contributed by atoms with Gasteiger partial charge < -0.3 is 10.8 Å². The van der Waals surface area contributed by atoms with E-state index in [9.17, 15) is 8.78 Å². The quantitative estimate of drug-likeness (QED) is 0.620. The fraction of sp³-hybridized carbons (Fsp3) is 0.400. The Balaban J connectivity index is 2.85. The summed E-state index contributed by atoms with van der Waals surface area (Å²) < 4.78 is 26.6. The molecule has 84 valence electrons. The molecular formula is C10H13F2NOS. The summed E-state index contributed by atoms with van der Waals surface area (Å²) in [6.45, 7) is 1.81. The second kappa shape index (κ2) is 5.32. The molecule has 1 aromatic carbocycles. The molecule has 15 heavy (non-hydrogen) atoms. The Morgan fingerprint density at radius 2 is 1.93 bits per heavy atom. The lowest BCUT2D eigenvalue weighted by molar-refractivity contribution is 0.289. The number of aliphatic hydroxyl groups excluding tert-OH is 1. The van der Waals surface area contributed by atoms with Crippen LogP contribution < -0.4 is 5.73 Å². The van der Waals surface area contributed by atoms with E-state index in [1.165, 1.54) is 0 Å². The number of hydrogen-bond donors (Lipinski definition) is 2. The van der Waals surface area contributed by atoms with Crippen molar-refractivity contribution in [3.8, 4) is 0 Å². The molecule has 1 atom stereocenters. The number of nitrogens with two attached hydrogens (primary N) is 1. The van der Waals surface area contributed by atoms with Crippen LogP contribution in [-0.4, -0.2) is 17.0 Å². The monoisotopic (exact) mass is 233 g/mol. The van der Waals surface area contributed by atoms with Crippen LogP contribution in [0.15, 0.2) is 17.0 Å². The van der Waals surface area contributed by atoms with E-state index in [-0.39, 0.29) is 22.4 Å². The van der Waals surface area contributed by atoms with Crippen molar-refractivity contribution in [2.45, 2.75) is 23.5 Å². The third-order valence-corrected chi connectivity index (χ3v) is 3.14. The molecule has 0 spiro atoms. The number of halogens is 2. The Morgan fingerprint density at radius 1 is 1.40 bits per heavy atom. The maximum atomic E-state index is 13.3. The summed E-state index contributed by atoms with van der Waals surface area (Å²) in [5, 5.41) is 8.64. The second-order valence-corrected chi connectivity index (χ2v) is 4.70. The Labute approximate surface area is 91.5 Å². The van der Waals surface area contributed by atoms with Gasteiger partial charge in [-0.05, 0) is 18.6 Å². The molecular weight excluding hydrogens is 220 g/mol. The minimum Gasteiger partial charge on any atom is -0.399 e. The Morgan fingerprint density at radius 3 is 2.40 bits per heavy atom. The average molecular weight is 233 g/mol. The van der Waals surface area contributed by atoms with E-state index in [1.807, 2.05) is 0 Å². The highest BCUT2D eigenvalue weighted by Crippen LogP contribution is 2.31. The molecule has 1 rings (SSSR count). The Kier molecular flexibility index (Phi) is 4.35. The lowest BCUT2D eigenvalue weighted by Gasteiger charge is -2.11. The van der Waals surface area contributed by atoms with Crippen molar-refractivity contribution >= 4 is 17.4 Å². The van der Waals surface area contributed by atoms with Crippen molar-refractivity contribution < 1.29 is 13.9 Å².